The number of aliphatic imine (C=N–C) groups is 1. The molecule has 9 nitrogen and oxygen atoms in total. The molecule has 0 spiro atoms. The molecule has 1 saturated heterocycles. The highest BCUT2D eigenvalue weighted by Crippen LogP contribution is 2.40. The molecule has 39 heavy (non-hydrogen) atoms. The third-order valence-corrected chi connectivity index (χ3v) is 12.1. The van der Waals surface area contributed by atoms with Crippen LogP contribution in [0.15, 0.2) is 82.7 Å². The average Bonchev–Trinajstić information content (AvgIpc) is 3.12. The van der Waals surface area contributed by atoms with Crippen molar-refractivity contribution < 1.29 is 19.4 Å². The van der Waals surface area contributed by atoms with Crippen molar-refractivity contribution in [2.75, 3.05) is 20.7 Å². The lowest BCUT2D eigenvalue weighted by Gasteiger charge is -2.43. The molecule has 208 valence electrons. The summed E-state index contributed by atoms with van der Waals surface area (Å²) in [5, 5.41) is 24.4. The highest BCUT2D eigenvalue weighted by atomic mass is 28.4. The third kappa shape index (κ3) is 5.61. The van der Waals surface area contributed by atoms with Crippen LogP contribution < -0.4 is 16.1 Å². The second kappa shape index (κ2) is 11.1. The maximum absolute atomic E-state index is 12.9. The summed E-state index contributed by atoms with van der Waals surface area (Å²) in [5.74, 6) is 0.231. The Morgan fingerprint density at radius 3 is 2.15 bits per heavy atom. The monoisotopic (exact) mass is 550 g/mol. The molecular formula is C29H38N4O5Si. The zero-order valence-corrected chi connectivity index (χ0v) is 24.4. The Kier molecular flexibility index (Phi) is 8.24. The molecule has 0 bridgehead atoms. The number of aliphatic hydroxyl groups is 2. The van der Waals surface area contributed by atoms with Crippen LogP contribution in [0.3, 0.4) is 0 Å². The molecule has 1 aliphatic heterocycles. The van der Waals surface area contributed by atoms with Gasteiger partial charge in [-0.05, 0) is 28.4 Å². The van der Waals surface area contributed by atoms with Gasteiger partial charge < -0.3 is 24.3 Å². The van der Waals surface area contributed by atoms with Gasteiger partial charge in [0.1, 0.15) is 17.8 Å². The van der Waals surface area contributed by atoms with Crippen LogP contribution in [0.2, 0.25) is 5.04 Å². The van der Waals surface area contributed by atoms with E-state index in [1.165, 1.54) is 24.0 Å². The number of hydrogen-bond donors (Lipinski definition) is 2. The lowest BCUT2D eigenvalue weighted by atomic mass is 9.96. The summed E-state index contributed by atoms with van der Waals surface area (Å²) in [4.78, 5) is 22.7. The first-order chi connectivity index (χ1) is 18.4. The minimum atomic E-state index is -2.90. The first kappa shape index (κ1) is 28.8. The summed E-state index contributed by atoms with van der Waals surface area (Å²) in [6.45, 7) is 7.96. The number of hydrogen-bond acceptors (Lipinski definition) is 7. The normalized spacial score (nSPS) is 23.8. The lowest BCUT2D eigenvalue weighted by molar-refractivity contribution is -0.0984. The van der Waals surface area contributed by atoms with E-state index in [9.17, 15) is 15.0 Å². The lowest BCUT2D eigenvalue weighted by Crippen LogP contribution is -2.67. The molecule has 0 saturated carbocycles. The van der Waals surface area contributed by atoms with Gasteiger partial charge >= 0.3 is 5.69 Å². The minimum Gasteiger partial charge on any atom is -0.405 e. The molecule has 1 fully saturated rings. The second-order valence-corrected chi connectivity index (χ2v) is 15.7. The van der Waals surface area contributed by atoms with Crippen molar-refractivity contribution in [1.82, 2.24) is 14.5 Å². The number of ether oxygens (including phenoxy) is 1. The molecule has 10 heteroatoms. The van der Waals surface area contributed by atoms with E-state index in [0.29, 0.717) is 0 Å². The second-order valence-electron chi connectivity index (χ2n) is 11.4. The van der Waals surface area contributed by atoms with Crippen molar-refractivity contribution in [3.8, 4) is 0 Å². The average molecular weight is 551 g/mol. The fourth-order valence-corrected chi connectivity index (χ4v) is 9.74. The van der Waals surface area contributed by atoms with Crippen molar-refractivity contribution in [2.45, 2.75) is 56.8 Å². The van der Waals surface area contributed by atoms with Crippen molar-refractivity contribution in [1.29, 1.82) is 0 Å². The van der Waals surface area contributed by atoms with E-state index < -0.39 is 38.0 Å². The van der Waals surface area contributed by atoms with Gasteiger partial charge in [-0.1, -0.05) is 81.4 Å². The van der Waals surface area contributed by atoms with Gasteiger partial charge in [0, 0.05) is 20.3 Å². The van der Waals surface area contributed by atoms with E-state index in [0.717, 1.165) is 10.4 Å². The van der Waals surface area contributed by atoms with Gasteiger partial charge in [0.15, 0.2) is 12.0 Å². The van der Waals surface area contributed by atoms with Crippen molar-refractivity contribution >= 4 is 30.8 Å². The van der Waals surface area contributed by atoms with Crippen LogP contribution in [0.4, 0.5) is 5.82 Å². The smallest absolute Gasteiger partial charge is 0.351 e. The molecule has 2 aromatic carbocycles. The first-order valence-corrected chi connectivity index (χ1v) is 14.9. The molecule has 2 unspecified atom stereocenters. The van der Waals surface area contributed by atoms with Crippen LogP contribution in [0.5, 0.6) is 0 Å². The number of benzene rings is 2. The Hall–Kier alpha value is -3.15. The van der Waals surface area contributed by atoms with Gasteiger partial charge in [-0.3, -0.25) is 4.57 Å². The molecule has 2 heterocycles. The molecule has 2 N–H and O–H groups in total. The number of nitrogens with zero attached hydrogens (tertiary/aromatic N) is 4. The Labute approximate surface area is 230 Å². The van der Waals surface area contributed by atoms with Crippen LogP contribution in [-0.4, -0.2) is 77.8 Å². The molecular weight excluding hydrogens is 512 g/mol. The molecule has 0 amide bonds. The zero-order chi connectivity index (χ0) is 28.4. The zero-order valence-electron chi connectivity index (χ0n) is 23.4. The standard InChI is InChI=1S/C29H38N4O5Si/c1-28(2,3)39(21-13-9-7-10-14-21,22-15-11-8-12-16-22)37-19-23-25(34)29(4,36)26(38-23)33-18-17-24(31-27(33)35)30-20-32(5)6/h7-18,20,23,25-26,34,36H,19H2,1-6H3/t23-,25?,26-,29?/m1/s1. The number of aliphatic hydroxyl groups excluding tert-OH is 1. The highest BCUT2D eigenvalue weighted by molar-refractivity contribution is 6.99. The summed E-state index contributed by atoms with van der Waals surface area (Å²) < 4.78 is 14.2. The number of rotatable bonds is 8. The van der Waals surface area contributed by atoms with Gasteiger partial charge in [-0.25, -0.2) is 9.79 Å². The van der Waals surface area contributed by atoms with Crippen LogP contribution in [0.1, 0.15) is 33.9 Å². The van der Waals surface area contributed by atoms with E-state index >= 15 is 0 Å². The van der Waals surface area contributed by atoms with Gasteiger partial charge in [0.25, 0.3) is 8.32 Å². The van der Waals surface area contributed by atoms with Crippen LogP contribution in [0, 0.1) is 0 Å². The van der Waals surface area contributed by atoms with E-state index in [1.54, 1.807) is 11.0 Å². The minimum absolute atomic E-state index is 0.0223. The predicted octanol–water partition coefficient (Wildman–Crippen LogP) is 2.05. The van der Waals surface area contributed by atoms with Gasteiger partial charge in [0.05, 0.1) is 12.9 Å². The van der Waals surface area contributed by atoms with Gasteiger partial charge in [-0.15, -0.1) is 0 Å². The number of aromatic nitrogens is 2. The SMILES string of the molecule is CN(C)C=Nc1ccn([C@@H]2O[C@H](CO[Si](c3ccccc3)(c3ccccc3)C(C)(C)C)C(O)C2(C)O)c(=O)n1. The Bertz CT molecular complexity index is 1300. The summed E-state index contributed by atoms with van der Waals surface area (Å²) in [6.07, 6.45) is -0.346. The van der Waals surface area contributed by atoms with Gasteiger partial charge in [0.2, 0.25) is 0 Å². The van der Waals surface area contributed by atoms with Gasteiger partial charge in [-0.2, -0.15) is 4.98 Å². The summed E-state index contributed by atoms with van der Waals surface area (Å²) in [5.41, 5.74) is -2.41. The Balaban J connectivity index is 1.66. The fourth-order valence-electron chi connectivity index (χ4n) is 5.18. The Morgan fingerprint density at radius 2 is 1.67 bits per heavy atom. The van der Waals surface area contributed by atoms with Crippen LogP contribution >= 0.6 is 0 Å². The molecule has 4 atom stereocenters. The molecule has 4 rings (SSSR count). The topological polar surface area (TPSA) is 109 Å². The summed E-state index contributed by atoms with van der Waals surface area (Å²) >= 11 is 0. The van der Waals surface area contributed by atoms with E-state index in [1.807, 2.05) is 50.5 Å². The van der Waals surface area contributed by atoms with Crippen LogP contribution in [-0.2, 0) is 9.16 Å². The van der Waals surface area contributed by atoms with E-state index in [2.05, 4.69) is 55.0 Å². The summed E-state index contributed by atoms with van der Waals surface area (Å²) in [6, 6.07) is 21.9. The van der Waals surface area contributed by atoms with E-state index in [-0.39, 0.29) is 17.5 Å². The first-order valence-electron chi connectivity index (χ1n) is 13.0. The Morgan fingerprint density at radius 1 is 1.10 bits per heavy atom. The van der Waals surface area contributed by atoms with Crippen molar-refractivity contribution in [3.63, 3.8) is 0 Å². The predicted molar refractivity (Wildman–Crippen MR) is 154 cm³/mol. The maximum Gasteiger partial charge on any atom is 0.351 e. The third-order valence-electron chi connectivity index (χ3n) is 7.12. The van der Waals surface area contributed by atoms with Crippen molar-refractivity contribution in [2.24, 2.45) is 4.99 Å². The fraction of sp³-hybridized carbons (Fsp3) is 0.414. The molecule has 0 radical (unpaired) electrons. The molecule has 0 aliphatic carbocycles. The summed E-state index contributed by atoms with van der Waals surface area (Å²) in [7, 11) is 0.716. The largest absolute Gasteiger partial charge is 0.405 e. The van der Waals surface area contributed by atoms with E-state index in [4.69, 9.17) is 9.16 Å². The molecule has 1 aromatic heterocycles. The quantitative estimate of drug-likeness (QED) is 0.251. The van der Waals surface area contributed by atoms with Crippen molar-refractivity contribution in [3.05, 3.63) is 83.4 Å². The van der Waals surface area contributed by atoms with Crippen LogP contribution in [0.25, 0.3) is 0 Å². The maximum atomic E-state index is 12.9. The molecule has 1 aliphatic rings. The molecule has 3 aromatic rings. The highest BCUT2D eigenvalue weighted by Gasteiger charge is 2.56.